The third-order valence-electron chi connectivity index (χ3n) is 3.17. The summed E-state index contributed by atoms with van der Waals surface area (Å²) < 4.78 is 0. The number of benzene rings is 1. The number of hydrogen-bond donors (Lipinski definition) is 2. The van der Waals surface area contributed by atoms with Gasteiger partial charge in [0, 0.05) is 11.5 Å². The normalized spacial score (nSPS) is 26.8. The maximum absolute atomic E-state index is 11.2. The molecule has 18 heavy (non-hydrogen) atoms. The SMILES string of the molecule is NCC1=CC([N+](=O)[O-])C(N)(c2ccccc2)C=C1. The summed E-state index contributed by atoms with van der Waals surface area (Å²) in [6.45, 7) is 0.270. The Morgan fingerprint density at radius 3 is 2.56 bits per heavy atom. The monoisotopic (exact) mass is 245 g/mol. The van der Waals surface area contributed by atoms with E-state index in [9.17, 15) is 10.1 Å². The number of nitrogens with zero attached hydrogens (tertiary/aromatic N) is 1. The van der Waals surface area contributed by atoms with E-state index in [1.54, 1.807) is 24.3 Å². The minimum atomic E-state index is -1.12. The van der Waals surface area contributed by atoms with Gasteiger partial charge in [0.15, 0.2) is 0 Å². The van der Waals surface area contributed by atoms with Crippen molar-refractivity contribution in [1.82, 2.24) is 0 Å². The quantitative estimate of drug-likeness (QED) is 0.612. The molecule has 2 atom stereocenters. The van der Waals surface area contributed by atoms with Gasteiger partial charge in [0.25, 0.3) is 6.04 Å². The van der Waals surface area contributed by atoms with Crippen LogP contribution in [0.25, 0.3) is 0 Å². The molecule has 1 aromatic carbocycles. The fourth-order valence-corrected chi connectivity index (χ4v) is 2.10. The van der Waals surface area contributed by atoms with Crippen molar-refractivity contribution in [2.24, 2.45) is 11.5 Å². The highest BCUT2D eigenvalue weighted by Gasteiger charge is 2.43. The van der Waals surface area contributed by atoms with Gasteiger partial charge in [-0.1, -0.05) is 42.5 Å². The first-order valence-electron chi connectivity index (χ1n) is 5.66. The Kier molecular flexibility index (Phi) is 3.27. The second-order valence-corrected chi connectivity index (χ2v) is 4.31. The predicted molar refractivity (Wildman–Crippen MR) is 69.4 cm³/mol. The molecule has 0 fully saturated rings. The molecule has 94 valence electrons. The van der Waals surface area contributed by atoms with E-state index >= 15 is 0 Å². The lowest BCUT2D eigenvalue weighted by Gasteiger charge is -2.30. The molecule has 0 spiro atoms. The van der Waals surface area contributed by atoms with Crippen LogP contribution in [-0.4, -0.2) is 17.5 Å². The maximum Gasteiger partial charge on any atom is 0.257 e. The minimum absolute atomic E-state index is 0.270. The minimum Gasteiger partial charge on any atom is -0.327 e. The van der Waals surface area contributed by atoms with E-state index in [1.807, 2.05) is 18.2 Å². The zero-order valence-electron chi connectivity index (χ0n) is 9.82. The maximum atomic E-state index is 11.2. The fraction of sp³-hybridized carbons (Fsp3) is 0.231. The summed E-state index contributed by atoms with van der Waals surface area (Å²) in [5, 5.41) is 11.2. The van der Waals surface area contributed by atoms with Crippen molar-refractivity contribution in [3.63, 3.8) is 0 Å². The van der Waals surface area contributed by atoms with Crippen molar-refractivity contribution >= 4 is 0 Å². The molecule has 0 saturated carbocycles. The molecule has 4 N–H and O–H groups in total. The van der Waals surface area contributed by atoms with Gasteiger partial charge in [-0.25, -0.2) is 0 Å². The first-order valence-corrected chi connectivity index (χ1v) is 5.66. The molecule has 5 nitrogen and oxygen atoms in total. The molecule has 0 saturated heterocycles. The van der Waals surface area contributed by atoms with Gasteiger partial charge in [-0.2, -0.15) is 0 Å². The molecular weight excluding hydrogens is 230 g/mol. The van der Waals surface area contributed by atoms with Gasteiger partial charge in [0.1, 0.15) is 5.54 Å². The lowest BCUT2D eigenvalue weighted by molar-refractivity contribution is -0.519. The topological polar surface area (TPSA) is 95.2 Å². The summed E-state index contributed by atoms with van der Waals surface area (Å²) in [6.07, 6.45) is 4.96. The van der Waals surface area contributed by atoms with Crippen LogP contribution in [-0.2, 0) is 5.54 Å². The number of nitrogens with two attached hydrogens (primary N) is 2. The molecule has 0 amide bonds. The molecule has 1 aromatic rings. The fourth-order valence-electron chi connectivity index (χ4n) is 2.10. The van der Waals surface area contributed by atoms with Gasteiger partial charge < -0.3 is 11.5 Å². The second kappa shape index (κ2) is 4.72. The van der Waals surface area contributed by atoms with Crippen molar-refractivity contribution in [1.29, 1.82) is 0 Å². The summed E-state index contributed by atoms with van der Waals surface area (Å²) in [5.74, 6) is 0. The van der Waals surface area contributed by atoms with Crippen molar-refractivity contribution in [3.05, 3.63) is 69.8 Å². The van der Waals surface area contributed by atoms with Crippen LogP contribution in [0.5, 0.6) is 0 Å². The van der Waals surface area contributed by atoms with Crippen molar-refractivity contribution in [2.45, 2.75) is 11.6 Å². The van der Waals surface area contributed by atoms with Crippen LogP contribution in [0.3, 0.4) is 0 Å². The van der Waals surface area contributed by atoms with E-state index in [4.69, 9.17) is 11.5 Å². The smallest absolute Gasteiger partial charge is 0.257 e. The Balaban J connectivity index is 2.47. The van der Waals surface area contributed by atoms with Crippen LogP contribution in [0.1, 0.15) is 5.56 Å². The Hall–Kier alpha value is -1.98. The number of rotatable bonds is 3. The summed E-state index contributed by atoms with van der Waals surface area (Å²) in [7, 11) is 0. The largest absolute Gasteiger partial charge is 0.327 e. The van der Waals surface area contributed by atoms with Gasteiger partial charge in [-0.15, -0.1) is 0 Å². The summed E-state index contributed by atoms with van der Waals surface area (Å²) in [4.78, 5) is 10.8. The number of nitro groups is 1. The highest BCUT2D eigenvalue weighted by atomic mass is 16.6. The van der Waals surface area contributed by atoms with Crippen LogP contribution in [0.4, 0.5) is 0 Å². The van der Waals surface area contributed by atoms with Crippen molar-refractivity contribution < 1.29 is 4.92 Å². The lowest BCUT2D eigenvalue weighted by Crippen LogP contribution is -2.50. The first-order chi connectivity index (χ1) is 8.58. The average Bonchev–Trinajstić information content (AvgIpc) is 2.40. The molecule has 2 unspecified atom stereocenters. The third kappa shape index (κ3) is 2.05. The second-order valence-electron chi connectivity index (χ2n) is 4.31. The van der Waals surface area contributed by atoms with Crippen LogP contribution in [0.2, 0.25) is 0 Å². The highest BCUT2D eigenvalue weighted by Crippen LogP contribution is 2.30. The zero-order chi connectivity index (χ0) is 13.2. The van der Waals surface area contributed by atoms with Crippen LogP contribution in [0.15, 0.2) is 54.1 Å². The molecule has 5 heteroatoms. The summed E-state index contributed by atoms with van der Waals surface area (Å²) in [5.41, 5.74) is 12.1. The predicted octanol–water partition coefficient (Wildman–Crippen LogP) is 0.941. The Morgan fingerprint density at radius 2 is 2.00 bits per heavy atom. The van der Waals surface area contributed by atoms with E-state index in [2.05, 4.69) is 0 Å². The van der Waals surface area contributed by atoms with Crippen LogP contribution < -0.4 is 11.5 Å². The van der Waals surface area contributed by atoms with Crippen molar-refractivity contribution in [2.75, 3.05) is 6.54 Å². The van der Waals surface area contributed by atoms with Gasteiger partial charge in [-0.3, -0.25) is 10.1 Å². The summed E-state index contributed by atoms with van der Waals surface area (Å²) in [6, 6.07) is 8.07. The highest BCUT2D eigenvalue weighted by molar-refractivity contribution is 5.40. The van der Waals surface area contributed by atoms with Gasteiger partial charge in [0.05, 0.1) is 0 Å². The van der Waals surface area contributed by atoms with Crippen molar-refractivity contribution in [3.8, 4) is 0 Å². The third-order valence-corrected chi connectivity index (χ3v) is 3.17. The standard InChI is InChI=1S/C13H15N3O2/c14-9-10-6-7-13(15,12(8-10)16(17)18)11-4-2-1-3-5-11/h1-8,12H,9,14-15H2. The number of hydrogen-bond acceptors (Lipinski definition) is 4. The molecule has 0 heterocycles. The van der Waals surface area contributed by atoms with Crippen LogP contribution >= 0.6 is 0 Å². The Bertz CT molecular complexity index is 510. The molecule has 0 radical (unpaired) electrons. The van der Waals surface area contributed by atoms with E-state index < -0.39 is 11.6 Å². The Morgan fingerprint density at radius 1 is 1.33 bits per heavy atom. The average molecular weight is 245 g/mol. The molecular formula is C13H15N3O2. The van der Waals surface area contributed by atoms with Gasteiger partial charge in [-0.05, 0) is 17.2 Å². The van der Waals surface area contributed by atoms with Gasteiger partial charge in [0.2, 0.25) is 0 Å². The molecule has 1 aliphatic carbocycles. The first kappa shape index (κ1) is 12.5. The van der Waals surface area contributed by atoms with Crippen LogP contribution in [0, 0.1) is 10.1 Å². The van der Waals surface area contributed by atoms with E-state index in [1.165, 1.54) is 6.08 Å². The molecule has 0 aliphatic heterocycles. The zero-order valence-corrected chi connectivity index (χ0v) is 9.82. The lowest BCUT2D eigenvalue weighted by atomic mass is 9.79. The van der Waals surface area contributed by atoms with Gasteiger partial charge >= 0.3 is 0 Å². The molecule has 1 aliphatic rings. The van der Waals surface area contributed by atoms with E-state index in [0.29, 0.717) is 0 Å². The summed E-state index contributed by atoms with van der Waals surface area (Å²) >= 11 is 0. The molecule has 0 bridgehead atoms. The van der Waals surface area contributed by atoms with E-state index in [-0.39, 0.29) is 11.5 Å². The van der Waals surface area contributed by atoms with E-state index in [0.717, 1.165) is 11.1 Å². The molecule has 2 rings (SSSR count). The Labute approximate surface area is 105 Å². The molecule has 0 aromatic heterocycles.